The molecule has 3 nitrogen and oxygen atoms in total. The molecule has 0 bridgehead atoms. The molecule has 7 heteroatoms. The first-order valence-electron chi connectivity index (χ1n) is 8.41. The molecule has 2 aromatic carbocycles. The third kappa shape index (κ3) is 11.8. The summed E-state index contributed by atoms with van der Waals surface area (Å²) in [6.45, 7) is 11.6. The summed E-state index contributed by atoms with van der Waals surface area (Å²) in [5.41, 5.74) is 1.68. The van der Waals surface area contributed by atoms with Crippen molar-refractivity contribution in [3.05, 3.63) is 59.2 Å². The van der Waals surface area contributed by atoms with Crippen molar-refractivity contribution in [2.75, 3.05) is 12.5 Å². The van der Waals surface area contributed by atoms with Crippen molar-refractivity contribution in [2.24, 2.45) is 0 Å². The zero-order valence-corrected chi connectivity index (χ0v) is 19.0. The van der Waals surface area contributed by atoms with E-state index in [4.69, 9.17) is 0 Å². The van der Waals surface area contributed by atoms with Crippen molar-refractivity contribution in [2.45, 2.75) is 51.3 Å². The van der Waals surface area contributed by atoms with Gasteiger partial charge in [-0.1, -0.05) is 39.8 Å². The highest BCUT2D eigenvalue weighted by Gasteiger charge is 2.12. The molecule has 2 rings (SSSR count). The standard InChI is InChI=1S/C8H9FO2S.C8H9FS.2C2H6.H2O/c1-6-3-4-8(7(9)5-6)12(2,10)11;1-6-3-4-8(10-2)7(9)5-6;2*1-2;/h3-5H,1-2H3;3-5H,1-2H3;2*1-2H3;1H2. The van der Waals surface area contributed by atoms with Crippen LogP contribution in [0.25, 0.3) is 0 Å². The number of aryl methyl sites for hydroxylation is 2. The van der Waals surface area contributed by atoms with Crippen molar-refractivity contribution in [3.63, 3.8) is 0 Å². The lowest BCUT2D eigenvalue weighted by molar-refractivity contribution is 0.570. The normalized spacial score (nSPS) is 9.26. The van der Waals surface area contributed by atoms with Crippen LogP contribution in [0.5, 0.6) is 0 Å². The molecule has 0 heterocycles. The zero-order valence-electron chi connectivity index (χ0n) is 17.4. The van der Waals surface area contributed by atoms with Crippen LogP contribution in [-0.2, 0) is 9.84 Å². The van der Waals surface area contributed by atoms with Gasteiger partial charge in [-0.25, -0.2) is 17.2 Å². The minimum atomic E-state index is -3.43. The molecule has 0 amide bonds. The Morgan fingerprint density at radius 3 is 1.56 bits per heavy atom. The molecule has 2 aromatic rings. The summed E-state index contributed by atoms with van der Waals surface area (Å²) in [7, 11) is -3.43. The highest BCUT2D eigenvalue weighted by molar-refractivity contribution is 7.98. The zero-order chi connectivity index (χ0) is 20.9. The van der Waals surface area contributed by atoms with Gasteiger partial charge in [-0.05, 0) is 55.5 Å². The summed E-state index contributed by atoms with van der Waals surface area (Å²) in [6.07, 6.45) is 2.86. The van der Waals surface area contributed by atoms with Gasteiger partial charge in [0.1, 0.15) is 16.5 Å². The van der Waals surface area contributed by atoms with E-state index in [-0.39, 0.29) is 16.2 Å². The average Bonchev–Trinajstić information content (AvgIpc) is 2.58. The van der Waals surface area contributed by atoms with E-state index in [0.29, 0.717) is 10.5 Å². The first kappa shape index (κ1) is 30.3. The van der Waals surface area contributed by atoms with Crippen LogP contribution in [-0.4, -0.2) is 26.4 Å². The Morgan fingerprint density at radius 2 is 1.22 bits per heavy atom. The minimum absolute atomic E-state index is 0. The third-order valence-corrected chi connectivity index (χ3v) is 4.70. The van der Waals surface area contributed by atoms with Gasteiger partial charge in [0.05, 0.1) is 0 Å². The lowest BCUT2D eigenvalue weighted by Crippen LogP contribution is -2.00. The summed E-state index contributed by atoms with van der Waals surface area (Å²) in [5.74, 6) is -0.801. The van der Waals surface area contributed by atoms with Crippen LogP contribution < -0.4 is 0 Å². The Bertz CT molecular complexity index is 762. The lowest BCUT2D eigenvalue weighted by atomic mass is 10.2. The highest BCUT2D eigenvalue weighted by atomic mass is 32.2. The number of halogens is 2. The van der Waals surface area contributed by atoms with Crippen LogP contribution in [0, 0.1) is 25.5 Å². The molecule has 0 radical (unpaired) electrons. The highest BCUT2D eigenvalue weighted by Crippen LogP contribution is 2.19. The Hall–Kier alpha value is -1.44. The molecular weight excluding hydrogens is 390 g/mol. The van der Waals surface area contributed by atoms with Crippen LogP contribution in [0.15, 0.2) is 46.2 Å². The van der Waals surface area contributed by atoms with Gasteiger partial charge < -0.3 is 5.48 Å². The van der Waals surface area contributed by atoms with Gasteiger partial charge in [0.15, 0.2) is 9.84 Å². The van der Waals surface area contributed by atoms with Gasteiger partial charge in [0.2, 0.25) is 0 Å². The van der Waals surface area contributed by atoms with Crippen LogP contribution in [0.1, 0.15) is 38.8 Å². The Kier molecular flexibility index (Phi) is 17.5. The lowest BCUT2D eigenvalue weighted by Gasteiger charge is -2.00. The molecule has 0 aliphatic rings. The molecule has 2 N–H and O–H groups in total. The topological polar surface area (TPSA) is 65.6 Å². The molecule has 0 spiro atoms. The monoisotopic (exact) mass is 422 g/mol. The van der Waals surface area contributed by atoms with E-state index < -0.39 is 15.7 Å². The fraction of sp³-hybridized carbons (Fsp3) is 0.400. The van der Waals surface area contributed by atoms with Gasteiger partial charge in [-0.15, -0.1) is 11.8 Å². The van der Waals surface area contributed by atoms with Crippen LogP contribution >= 0.6 is 11.8 Å². The summed E-state index contributed by atoms with van der Waals surface area (Å²) in [4.78, 5) is 0.471. The maximum atomic E-state index is 13.0. The summed E-state index contributed by atoms with van der Waals surface area (Å²) in [5, 5.41) is 0. The molecule has 0 saturated heterocycles. The van der Waals surface area contributed by atoms with Gasteiger partial charge in [-0.2, -0.15) is 0 Å². The summed E-state index contributed by atoms with van der Waals surface area (Å²) < 4.78 is 47.6. The molecule has 0 aliphatic heterocycles. The second-order valence-electron chi connectivity index (χ2n) is 4.84. The molecule has 0 aliphatic carbocycles. The third-order valence-electron chi connectivity index (χ3n) is 2.79. The molecule has 27 heavy (non-hydrogen) atoms. The number of hydrogen-bond acceptors (Lipinski definition) is 3. The van der Waals surface area contributed by atoms with Crippen LogP contribution in [0.2, 0.25) is 0 Å². The molecule has 0 unspecified atom stereocenters. The predicted octanol–water partition coefficient (Wildman–Crippen LogP) is 5.62. The first-order valence-corrected chi connectivity index (χ1v) is 11.5. The SMILES string of the molecule is CC.CC.CSc1ccc(C)cc1F.Cc1ccc(S(C)(=O)=O)c(F)c1.O. The Balaban J connectivity index is -0.000000352. The average molecular weight is 423 g/mol. The van der Waals surface area contributed by atoms with Gasteiger partial charge in [-0.3, -0.25) is 0 Å². The smallest absolute Gasteiger partial charge is 0.178 e. The Labute approximate surface area is 167 Å². The van der Waals surface area contributed by atoms with Crippen molar-refractivity contribution in [1.29, 1.82) is 0 Å². The Morgan fingerprint density at radius 1 is 0.815 bits per heavy atom. The summed E-state index contributed by atoms with van der Waals surface area (Å²) >= 11 is 1.43. The van der Waals surface area contributed by atoms with E-state index in [1.807, 2.05) is 46.9 Å². The largest absolute Gasteiger partial charge is 0.412 e. The maximum absolute atomic E-state index is 13.0. The number of sulfone groups is 1. The van der Waals surface area contributed by atoms with E-state index in [2.05, 4.69) is 0 Å². The molecule has 0 atom stereocenters. The predicted molar refractivity (Wildman–Crippen MR) is 113 cm³/mol. The fourth-order valence-electron chi connectivity index (χ4n) is 1.68. The van der Waals surface area contributed by atoms with E-state index >= 15 is 0 Å². The van der Waals surface area contributed by atoms with E-state index in [9.17, 15) is 17.2 Å². The van der Waals surface area contributed by atoms with Gasteiger partial charge in [0, 0.05) is 11.2 Å². The van der Waals surface area contributed by atoms with Crippen molar-refractivity contribution < 1.29 is 22.7 Å². The minimum Gasteiger partial charge on any atom is -0.412 e. The number of benzene rings is 2. The van der Waals surface area contributed by atoms with Crippen LogP contribution in [0.4, 0.5) is 8.78 Å². The molecule has 156 valence electrons. The van der Waals surface area contributed by atoms with Gasteiger partial charge in [0.25, 0.3) is 0 Å². The van der Waals surface area contributed by atoms with Crippen LogP contribution in [0.3, 0.4) is 0 Å². The second kappa shape index (κ2) is 15.6. The number of thioether (sulfide) groups is 1. The molecule has 0 fully saturated rings. The van der Waals surface area contributed by atoms with Gasteiger partial charge >= 0.3 is 0 Å². The summed E-state index contributed by atoms with van der Waals surface area (Å²) in [6, 6.07) is 9.31. The first-order chi connectivity index (χ1) is 12.1. The quantitative estimate of drug-likeness (QED) is 0.590. The van der Waals surface area contributed by atoms with E-state index in [1.165, 1.54) is 23.9 Å². The number of rotatable bonds is 2. The van der Waals surface area contributed by atoms with E-state index in [1.54, 1.807) is 25.1 Å². The maximum Gasteiger partial charge on any atom is 0.178 e. The van der Waals surface area contributed by atoms with E-state index in [0.717, 1.165) is 11.8 Å². The van der Waals surface area contributed by atoms with Crippen molar-refractivity contribution in [3.8, 4) is 0 Å². The fourth-order valence-corrected chi connectivity index (χ4v) is 2.86. The number of hydrogen-bond donors (Lipinski definition) is 0. The molecular formula is C20H32F2O3S2. The molecule has 0 aromatic heterocycles. The van der Waals surface area contributed by atoms with Crippen molar-refractivity contribution >= 4 is 21.6 Å². The molecule has 0 saturated carbocycles. The van der Waals surface area contributed by atoms with Crippen molar-refractivity contribution in [1.82, 2.24) is 0 Å². The second-order valence-corrected chi connectivity index (χ2v) is 7.68.